The molecule has 0 heterocycles. The number of ether oxygens (including phenoxy) is 3. The van der Waals surface area contributed by atoms with Gasteiger partial charge in [-0.3, -0.25) is 4.79 Å². The molecule has 0 atom stereocenters. The van der Waals surface area contributed by atoms with Gasteiger partial charge < -0.3 is 14.2 Å². The predicted octanol–water partition coefficient (Wildman–Crippen LogP) is 4.10. The van der Waals surface area contributed by atoms with E-state index in [2.05, 4.69) is 10.5 Å². The summed E-state index contributed by atoms with van der Waals surface area (Å²) < 4.78 is 15.7. The highest BCUT2D eigenvalue weighted by atomic mass is 35.5. The first-order valence-corrected chi connectivity index (χ1v) is 9.58. The molecule has 0 aliphatic carbocycles. The zero-order chi connectivity index (χ0) is 22.1. The van der Waals surface area contributed by atoms with Gasteiger partial charge in [0, 0.05) is 5.02 Å². The fraction of sp³-hybridized carbons (Fsp3) is 0.0870. The molecule has 3 aromatic rings. The lowest BCUT2D eigenvalue weighted by atomic mass is 10.2. The van der Waals surface area contributed by atoms with Crippen LogP contribution in [0.25, 0.3) is 0 Å². The third-order valence-electron chi connectivity index (χ3n) is 3.98. The van der Waals surface area contributed by atoms with Gasteiger partial charge in [0.05, 0.1) is 18.9 Å². The Hall–Kier alpha value is -3.84. The summed E-state index contributed by atoms with van der Waals surface area (Å²) in [6.07, 6.45) is 1.47. The Morgan fingerprint density at radius 1 is 0.968 bits per heavy atom. The molecule has 0 radical (unpaired) electrons. The van der Waals surface area contributed by atoms with Gasteiger partial charge in [-0.15, -0.1) is 0 Å². The zero-order valence-corrected chi connectivity index (χ0v) is 17.3. The van der Waals surface area contributed by atoms with Crippen molar-refractivity contribution >= 4 is 29.7 Å². The molecule has 158 valence electrons. The molecule has 0 aromatic heterocycles. The lowest BCUT2D eigenvalue weighted by molar-refractivity contribution is -0.123. The normalized spacial score (nSPS) is 10.5. The SMILES string of the molecule is COc1ccc(OCC(=O)NN=Cc2ccc(OC(=O)c3cccc(Cl)c3)cc2)cc1. The second-order valence-corrected chi connectivity index (χ2v) is 6.66. The number of esters is 1. The molecule has 1 N–H and O–H groups in total. The Kier molecular flexibility index (Phi) is 7.61. The molecule has 31 heavy (non-hydrogen) atoms. The highest BCUT2D eigenvalue weighted by Gasteiger charge is 2.09. The standard InChI is InChI=1S/C23H19ClN2O5/c1-29-19-9-11-20(12-10-19)30-15-22(27)26-25-14-16-5-7-21(8-6-16)31-23(28)17-3-2-4-18(24)13-17/h2-14H,15H2,1H3,(H,26,27). The third kappa shape index (κ3) is 6.87. The average Bonchev–Trinajstić information content (AvgIpc) is 2.79. The molecule has 7 nitrogen and oxygen atoms in total. The van der Waals surface area contributed by atoms with Gasteiger partial charge in [0.2, 0.25) is 0 Å². The number of hydrogen-bond donors (Lipinski definition) is 1. The van der Waals surface area contributed by atoms with E-state index in [-0.39, 0.29) is 6.61 Å². The number of methoxy groups -OCH3 is 1. The largest absolute Gasteiger partial charge is 0.497 e. The maximum atomic E-state index is 12.1. The van der Waals surface area contributed by atoms with Crippen LogP contribution in [0.15, 0.2) is 77.9 Å². The maximum Gasteiger partial charge on any atom is 0.343 e. The number of hydrazone groups is 1. The molecule has 0 unspecified atom stereocenters. The fourth-order valence-corrected chi connectivity index (χ4v) is 2.63. The average molecular weight is 439 g/mol. The molecule has 3 rings (SSSR count). The number of hydrogen-bond acceptors (Lipinski definition) is 6. The monoisotopic (exact) mass is 438 g/mol. The fourth-order valence-electron chi connectivity index (χ4n) is 2.44. The number of carbonyl (C=O) groups is 2. The van der Waals surface area contributed by atoms with Crippen molar-refractivity contribution in [3.05, 3.63) is 88.9 Å². The maximum absolute atomic E-state index is 12.1. The second-order valence-electron chi connectivity index (χ2n) is 6.23. The van der Waals surface area contributed by atoms with Crippen LogP contribution in [0.5, 0.6) is 17.2 Å². The van der Waals surface area contributed by atoms with Crippen molar-refractivity contribution in [2.24, 2.45) is 5.10 Å². The first kappa shape index (κ1) is 21.9. The number of amides is 1. The van der Waals surface area contributed by atoms with Crippen LogP contribution in [-0.4, -0.2) is 31.8 Å². The van der Waals surface area contributed by atoms with E-state index in [9.17, 15) is 9.59 Å². The summed E-state index contributed by atoms with van der Waals surface area (Å²) in [7, 11) is 1.57. The Labute approximate surface area is 184 Å². The van der Waals surface area contributed by atoms with Crippen LogP contribution in [0.3, 0.4) is 0 Å². The van der Waals surface area contributed by atoms with Gasteiger partial charge in [-0.2, -0.15) is 5.10 Å². The van der Waals surface area contributed by atoms with E-state index < -0.39 is 11.9 Å². The Morgan fingerprint density at radius 2 is 1.65 bits per heavy atom. The van der Waals surface area contributed by atoms with Gasteiger partial charge >= 0.3 is 5.97 Å². The van der Waals surface area contributed by atoms with Gasteiger partial charge in [-0.25, -0.2) is 10.2 Å². The van der Waals surface area contributed by atoms with E-state index in [0.717, 1.165) is 0 Å². The lowest BCUT2D eigenvalue weighted by Crippen LogP contribution is -2.24. The van der Waals surface area contributed by atoms with Gasteiger partial charge in [0.25, 0.3) is 5.91 Å². The predicted molar refractivity (Wildman–Crippen MR) is 117 cm³/mol. The summed E-state index contributed by atoms with van der Waals surface area (Å²) in [5, 5.41) is 4.34. The van der Waals surface area contributed by atoms with Crippen molar-refractivity contribution in [3.63, 3.8) is 0 Å². The van der Waals surface area contributed by atoms with Crippen molar-refractivity contribution in [2.45, 2.75) is 0 Å². The molecule has 1 amide bonds. The van der Waals surface area contributed by atoms with E-state index in [4.69, 9.17) is 25.8 Å². The summed E-state index contributed by atoms with van der Waals surface area (Å²) in [6, 6.07) is 20.0. The van der Waals surface area contributed by atoms with E-state index in [1.807, 2.05) is 0 Å². The molecule has 0 saturated heterocycles. The molecule has 0 saturated carbocycles. The van der Waals surface area contributed by atoms with E-state index >= 15 is 0 Å². The summed E-state index contributed by atoms with van der Waals surface area (Å²) in [6.45, 7) is -0.179. The molecule has 3 aromatic carbocycles. The molecular formula is C23H19ClN2O5. The number of carbonyl (C=O) groups excluding carboxylic acids is 2. The van der Waals surface area contributed by atoms with Crippen LogP contribution < -0.4 is 19.6 Å². The first-order chi connectivity index (χ1) is 15.0. The van der Waals surface area contributed by atoms with Crippen LogP contribution in [0.4, 0.5) is 0 Å². The summed E-state index contributed by atoms with van der Waals surface area (Å²) in [5.41, 5.74) is 3.45. The van der Waals surface area contributed by atoms with Crippen LogP contribution in [-0.2, 0) is 4.79 Å². The minimum absolute atomic E-state index is 0.179. The van der Waals surface area contributed by atoms with Crippen LogP contribution in [0.1, 0.15) is 15.9 Å². The minimum atomic E-state index is -0.506. The number of halogens is 1. The van der Waals surface area contributed by atoms with Crippen molar-refractivity contribution in [3.8, 4) is 17.2 Å². The van der Waals surface area contributed by atoms with E-state index in [1.165, 1.54) is 12.3 Å². The summed E-state index contributed by atoms with van der Waals surface area (Å²) in [4.78, 5) is 23.9. The van der Waals surface area contributed by atoms with Gasteiger partial charge in [-0.1, -0.05) is 17.7 Å². The van der Waals surface area contributed by atoms with Gasteiger partial charge in [-0.05, 0) is 72.3 Å². The van der Waals surface area contributed by atoms with Gasteiger partial charge in [0.1, 0.15) is 17.2 Å². The number of nitrogens with zero attached hydrogens (tertiary/aromatic N) is 1. The van der Waals surface area contributed by atoms with Gasteiger partial charge in [0.15, 0.2) is 6.61 Å². The number of benzene rings is 3. The van der Waals surface area contributed by atoms with E-state index in [0.29, 0.717) is 33.4 Å². The van der Waals surface area contributed by atoms with Crippen molar-refractivity contribution in [1.29, 1.82) is 0 Å². The molecule has 8 heteroatoms. The topological polar surface area (TPSA) is 86.2 Å². The molecule has 0 spiro atoms. The third-order valence-corrected chi connectivity index (χ3v) is 4.22. The summed E-state index contributed by atoms with van der Waals surface area (Å²) in [5.74, 6) is 0.709. The Balaban J connectivity index is 1.45. The highest BCUT2D eigenvalue weighted by molar-refractivity contribution is 6.30. The zero-order valence-electron chi connectivity index (χ0n) is 16.6. The first-order valence-electron chi connectivity index (χ1n) is 9.20. The second kappa shape index (κ2) is 10.8. The Bertz CT molecular complexity index is 1070. The quantitative estimate of drug-likeness (QED) is 0.248. The summed E-state index contributed by atoms with van der Waals surface area (Å²) >= 11 is 5.88. The molecular weight excluding hydrogens is 420 g/mol. The van der Waals surface area contributed by atoms with Crippen molar-refractivity contribution in [1.82, 2.24) is 5.43 Å². The van der Waals surface area contributed by atoms with Crippen molar-refractivity contribution < 1.29 is 23.8 Å². The molecule has 0 bridgehead atoms. The molecule has 0 fully saturated rings. The number of rotatable bonds is 8. The Morgan fingerprint density at radius 3 is 2.32 bits per heavy atom. The smallest absolute Gasteiger partial charge is 0.343 e. The van der Waals surface area contributed by atoms with Crippen molar-refractivity contribution in [2.75, 3.05) is 13.7 Å². The highest BCUT2D eigenvalue weighted by Crippen LogP contribution is 2.17. The van der Waals surface area contributed by atoms with E-state index in [1.54, 1.807) is 73.8 Å². The van der Waals surface area contributed by atoms with Crippen LogP contribution in [0.2, 0.25) is 5.02 Å². The lowest BCUT2D eigenvalue weighted by Gasteiger charge is -2.06. The van der Waals surface area contributed by atoms with Crippen LogP contribution in [0, 0.1) is 0 Å². The number of nitrogens with one attached hydrogen (secondary N) is 1. The molecule has 0 aliphatic heterocycles. The minimum Gasteiger partial charge on any atom is -0.497 e. The van der Waals surface area contributed by atoms with Crippen LogP contribution >= 0.6 is 11.6 Å². The molecule has 0 aliphatic rings.